The van der Waals surface area contributed by atoms with Crippen molar-refractivity contribution in [1.29, 1.82) is 0 Å². The molecule has 292 valence electrons. The lowest BCUT2D eigenvalue weighted by Crippen LogP contribution is -2.43. The molecule has 2 amide bonds. The van der Waals surface area contributed by atoms with Crippen LogP contribution in [0.15, 0.2) is 158 Å². The number of urea groups is 1. The number of para-hydroxylation sites is 1. The van der Waals surface area contributed by atoms with Gasteiger partial charge in [-0.2, -0.15) is 0 Å². The Kier molecular flexibility index (Phi) is 13.1. The van der Waals surface area contributed by atoms with Crippen LogP contribution >= 0.6 is 0 Å². The van der Waals surface area contributed by atoms with Crippen molar-refractivity contribution in [3.8, 4) is 22.6 Å². The average molecular weight is 764 g/mol. The molecule has 1 aliphatic rings. The molecule has 7 rings (SSSR count). The summed E-state index contributed by atoms with van der Waals surface area (Å²) >= 11 is 0. The number of rotatable bonds is 14. The van der Waals surface area contributed by atoms with E-state index < -0.39 is 12.4 Å². The largest absolute Gasteiger partial charge is 0.457 e. The molecule has 6 aromatic carbocycles. The maximum Gasteiger partial charge on any atom is 0.319 e. The van der Waals surface area contributed by atoms with Gasteiger partial charge in [-0.1, -0.05) is 109 Å². The summed E-state index contributed by atoms with van der Waals surface area (Å²) in [6.45, 7) is 2.93. The van der Waals surface area contributed by atoms with E-state index in [1.165, 1.54) is 0 Å². The number of anilines is 1. The summed E-state index contributed by atoms with van der Waals surface area (Å²) < 4.78 is 19.2. The highest BCUT2D eigenvalue weighted by Gasteiger charge is 2.34. The summed E-state index contributed by atoms with van der Waals surface area (Å²) in [6, 6.07) is 50.2. The molecule has 0 unspecified atom stereocenters. The Balaban J connectivity index is 1.01. The lowest BCUT2D eigenvalue weighted by Gasteiger charge is -2.39. The average Bonchev–Trinajstić information content (AvgIpc) is 3.26. The molecule has 0 aliphatic carbocycles. The van der Waals surface area contributed by atoms with E-state index in [-0.39, 0.29) is 30.9 Å². The van der Waals surface area contributed by atoms with E-state index in [2.05, 4.69) is 33.7 Å². The van der Waals surface area contributed by atoms with E-state index in [0.717, 1.165) is 44.7 Å². The summed E-state index contributed by atoms with van der Waals surface area (Å²) in [4.78, 5) is 15.0. The van der Waals surface area contributed by atoms with Gasteiger partial charge in [0.05, 0.1) is 24.9 Å². The van der Waals surface area contributed by atoms with Gasteiger partial charge in [0.25, 0.3) is 0 Å². The van der Waals surface area contributed by atoms with Crippen LogP contribution in [0.25, 0.3) is 11.1 Å². The van der Waals surface area contributed by atoms with E-state index >= 15 is 0 Å². The standard InChI is InChI=1S/C48H49N3O6/c1-33(46(53)37-12-5-3-6-13-37)51(2)31-44-29-45(36-21-19-34(32-52)20-22-36)57-47(56-44)40-16-10-15-39(28-40)38-14-9-11-35(27-38)30-49-48(54)50-41-23-25-43(26-24-41)55-42-17-7-4-8-18-42/h3-28,33,44-47,52-53H,29-32H2,1-2H3,(H2,49,50,54)/t33-,44+,45-,46-,47-/m0/s1. The van der Waals surface area contributed by atoms with Crippen LogP contribution in [0.3, 0.4) is 0 Å². The molecule has 0 saturated carbocycles. The molecule has 1 heterocycles. The second-order valence-electron chi connectivity index (χ2n) is 14.5. The van der Waals surface area contributed by atoms with Gasteiger partial charge >= 0.3 is 6.03 Å². The molecule has 5 atom stereocenters. The first-order valence-corrected chi connectivity index (χ1v) is 19.3. The van der Waals surface area contributed by atoms with Crippen LogP contribution in [0.4, 0.5) is 10.5 Å². The van der Waals surface area contributed by atoms with E-state index in [9.17, 15) is 15.0 Å². The number of aliphatic hydroxyl groups is 2. The second-order valence-corrected chi connectivity index (χ2v) is 14.5. The second kappa shape index (κ2) is 18.9. The van der Waals surface area contributed by atoms with Crippen LogP contribution in [0.5, 0.6) is 11.5 Å². The first kappa shape index (κ1) is 39.4. The highest BCUT2D eigenvalue weighted by atomic mass is 16.7. The number of nitrogens with one attached hydrogen (secondary N) is 2. The molecule has 57 heavy (non-hydrogen) atoms. The Labute approximate surface area is 334 Å². The Morgan fingerprint density at radius 3 is 2.14 bits per heavy atom. The Morgan fingerprint density at radius 1 is 0.754 bits per heavy atom. The summed E-state index contributed by atoms with van der Waals surface area (Å²) in [6.07, 6.45) is -1.09. The highest BCUT2D eigenvalue weighted by molar-refractivity contribution is 5.89. The minimum Gasteiger partial charge on any atom is -0.457 e. The number of nitrogens with zero attached hydrogens (tertiary/aromatic N) is 1. The molecule has 4 N–H and O–H groups in total. The lowest BCUT2D eigenvalue weighted by atomic mass is 9.97. The van der Waals surface area contributed by atoms with Crippen molar-refractivity contribution in [2.24, 2.45) is 0 Å². The zero-order valence-electron chi connectivity index (χ0n) is 32.2. The monoisotopic (exact) mass is 763 g/mol. The number of hydrogen-bond acceptors (Lipinski definition) is 7. The fourth-order valence-electron chi connectivity index (χ4n) is 7.00. The molecule has 0 aromatic heterocycles. The van der Waals surface area contributed by atoms with E-state index in [1.807, 2.05) is 141 Å². The maximum atomic E-state index is 12.8. The third kappa shape index (κ3) is 10.5. The van der Waals surface area contributed by atoms with Gasteiger partial charge in [0.1, 0.15) is 11.5 Å². The number of benzene rings is 6. The van der Waals surface area contributed by atoms with Gasteiger partial charge in [0.15, 0.2) is 6.29 Å². The minimum atomic E-state index is -0.649. The van der Waals surface area contributed by atoms with Gasteiger partial charge in [-0.15, -0.1) is 0 Å². The van der Waals surface area contributed by atoms with Crippen molar-refractivity contribution < 1.29 is 29.2 Å². The fraction of sp³-hybridized carbons (Fsp3) is 0.229. The molecule has 1 aliphatic heterocycles. The third-order valence-corrected chi connectivity index (χ3v) is 10.4. The molecule has 0 bridgehead atoms. The summed E-state index contributed by atoms with van der Waals surface area (Å²) in [5.74, 6) is 1.43. The smallest absolute Gasteiger partial charge is 0.319 e. The molecule has 1 fully saturated rings. The molecular weight excluding hydrogens is 715 g/mol. The van der Waals surface area contributed by atoms with Crippen LogP contribution in [0, 0.1) is 0 Å². The predicted octanol–water partition coefficient (Wildman–Crippen LogP) is 9.56. The van der Waals surface area contributed by atoms with Crippen molar-refractivity contribution in [3.63, 3.8) is 0 Å². The normalized spacial score (nSPS) is 17.7. The minimum absolute atomic E-state index is 0.0235. The van der Waals surface area contributed by atoms with Gasteiger partial charge in [0, 0.05) is 36.8 Å². The summed E-state index contributed by atoms with van der Waals surface area (Å²) in [5.41, 5.74) is 7.21. The fourth-order valence-corrected chi connectivity index (χ4v) is 7.00. The molecule has 1 saturated heterocycles. The number of likely N-dealkylation sites (N-methyl/N-ethyl adjacent to an activating group) is 1. The number of ether oxygens (including phenoxy) is 3. The van der Waals surface area contributed by atoms with E-state index in [1.54, 1.807) is 12.1 Å². The number of hydrogen-bond donors (Lipinski definition) is 4. The maximum absolute atomic E-state index is 12.8. The van der Waals surface area contributed by atoms with Crippen molar-refractivity contribution in [2.45, 2.75) is 57.1 Å². The van der Waals surface area contributed by atoms with Crippen LogP contribution in [0.2, 0.25) is 0 Å². The first-order chi connectivity index (χ1) is 27.8. The number of amides is 2. The van der Waals surface area contributed by atoms with Crippen molar-refractivity contribution >= 4 is 11.7 Å². The number of carbonyl (C=O) groups excluding carboxylic acids is 1. The zero-order chi connectivity index (χ0) is 39.6. The Hall–Kier alpha value is -5.81. The SMILES string of the molecule is C[C@@H]([C@H](O)c1ccccc1)N(C)C[C@H]1C[C@@H](c2ccc(CO)cc2)O[C@@H](c2cccc(-c3cccc(CNC(=O)Nc4ccc(Oc5ccccc5)cc4)c3)c2)O1. The number of aliphatic hydroxyl groups excluding tert-OH is 2. The van der Waals surface area contributed by atoms with Crippen LogP contribution in [-0.2, 0) is 22.6 Å². The molecule has 9 nitrogen and oxygen atoms in total. The van der Waals surface area contributed by atoms with Gasteiger partial charge in [-0.05, 0) is 95.9 Å². The lowest BCUT2D eigenvalue weighted by molar-refractivity contribution is -0.253. The van der Waals surface area contributed by atoms with Gasteiger partial charge < -0.3 is 35.1 Å². The summed E-state index contributed by atoms with van der Waals surface area (Å²) in [7, 11) is 2.02. The van der Waals surface area contributed by atoms with Gasteiger partial charge in [0.2, 0.25) is 0 Å². The highest BCUT2D eigenvalue weighted by Crippen LogP contribution is 2.39. The van der Waals surface area contributed by atoms with Crippen molar-refractivity contribution in [2.75, 3.05) is 18.9 Å². The quantitative estimate of drug-likeness (QED) is 0.0875. The van der Waals surface area contributed by atoms with Crippen molar-refractivity contribution in [1.82, 2.24) is 10.2 Å². The Bertz CT molecular complexity index is 2180. The topological polar surface area (TPSA) is 113 Å². The van der Waals surface area contributed by atoms with Gasteiger partial charge in [-0.3, -0.25) is 4.90 Å². The van der Waals surface area contributed by atoms with E-state index in [4.69, 9.17) is 14.2 Å². The van der Waals surface area contributed by atoms with Crippen molar-refractivity contribution in [3.05, 3.63) is 186 Å². The zero-order valence-corrected chi connectivity index (χ0v) is 32.2. The molecule has 9 heteroatoms. The van der Waals surface area contributed by atoms with Crippen LogP contribution in [-0.4, -0.2) is 46.9 Å². The number of carbonyl (C=O) groups is 1. The molecule has 0 radical (unpaired) electrons. The van der Waals surface area contributed by atoms with Crippen LogP contribution < -0.4 is 15.4 Å². The third-order valence-electron chi connectivity index (χ3n) is 10.4. The molecule has 6 aromatic rings. The first-order valence-electron chi connectivity index (χ1n) is 19.3. The summed E-state index contributed by atoms with van der Waals surface area (Å²) in [5, 5.41) is 26.7. The van der Waals surface area contributed by atoms with Crippen LogP contribution in [0.1, 0.15) is 59.7 Å². The van der Waals surface area contributed by atoms with E-state index in [0.29, 0.717) is 30.9 Å². The predicted molar refractivity (Wildman–Crippen MR) is 223 cm³/mol. The van der Waals surface area contributed by atoms with Gasteiger partial charge in [-0.25, -0.2) is 4.79 Å². The Morgan fingerprint density at radius 2 is 1.42 bits per heavy atom. The molecular formula is C48H49N3O6. The molecule has 0 spiro atoms.